The third-order valence-corrected chi connectivity index (χ3v) is 1.76. The molecule has 0 spiro atoms. The van der Waals surface area contributed by atoms with Crippen LogP contribution in [0.15, 0.2) is 36.5 Å². The second-order valence-electron chi connectivity index (χ2n) is 2.56. The van der Waals surface area contributed by atoms with E-state index in [0.717, 1.165) is 16.6 Å². The fourth-order valence-electron chi connectivity index (χ4n) is 1.15. The molecule has 2 aromatic rings. The first-order chi connectivity index (χ1) is 5.90. The molecule has 0 atom stereocenters. The van der Waals surface area contributed by atoms with Crippen molar-refractivity contribution in [3.05, 3.63) is 36.5 Å². The largest absolute Gasteiger partial charge is 0.323 e. The first-order valence-corrected chi connectivity index (χ1v) is 3.71. The van der Waals surface area contributed by atoms with Crippen molar-refractivity contribution in [1.82, 2.24) is 4.98 Å². The number of halogens is 2. The van der Waals surface area contributed by atoms with E-state index in [1.807, 2.05) is 30.3 Å². The van der Waals surface area contributed by atoms with Crippen molar-refractivity contribution in [2.45, 2.75) is 0 Å². The molecule has 0 bridgehead atoms. The molecule has 0 aliphatic carbocycles. The van der Waals surface area contributed by atoms with E-state index in [0.29, 0.717) is 0 Å². The Morgan fingerprint density at radius 3 is 2.57 bits per heavy atom. The van der Waals surface area contributed by atoms with Crippen LogP contribution < -0.4 is 11.3 Å². The molecule has 0 unspecified atom stereocenters. The number of anilines is 1. The molecule has 0 fully saturated rings. The number of hydrogen-bond acceptors (Lipinski definition) is 3. The maximum atomic E-state index is 5.25. The number of nitrogens with one attached hydrogen (secondary N) is 1. The lowest BCUT2D eigenvalue weighted by molar-refractivity contribution is 1.31. The number of nitrogens with two attached hydrogens (primary N) is 1. The van der Waals surface area contributed by atoms with Crippen molar-refractivity contribution >= 4 is 41.4 Å². The summed E-state index contributed by atoms with van der Waals surface area (Å²) >= 11 is 0. The summed E-state index contributed by atoms with van der Waals surface area (Å²) in [5.74, 6) is 5.25. The number of rotatable bonds is 1. The van der Waals surface area contributed by atoms with E-state index in [1.165, 1.54) is 0 Å². The fourth-order valence-corrected chi connectivity index (χ4v) is 1.15. The summed E-state index contributed by atoms with van der Waals surface area (Å²) in [7, 11) is 0. The van der Waals surface area contributed by atoms with Crippen molar-refractivity contribution < 1.29 is 0 Å². The van der Waals surface area contributed by atoms with Gasteiger partial charge in [-0.15, -0.1) is 24.8 Å². The Labute approximate surface area is 94.5 Å². The SMILES string of the molecule is Cl.Cl.NNc1cnc2ccccc2c1. The van der Waals surface area contributed by atoms with E-state index in [-0.39, 0.29) is 24.8 Å². The zero-order valence-electron chi connectivity index (χ0n) is 7.31. The molecule has 3 nitrogen and oxygen atoms in total. The molecule has 1 aromatic carbocycles. The Bertz CT molecular complexity index is 406. The molecule has 0 aliphatic rings. The standard InChI is InChI=1S/C9H9N3.2ClH/c10-12-8-5-7-3-1-2-4-9(7)11-6-8;;/h1-6,12H,10H2;2*1H. The van der Waals surface area contributed by atoms with Crippen molar-refractivity contribution in [2.75, 3.05) is 5.43 Å². The smallest absolute Gasteiger partial charge is 0.0703 e. The van der Waals surface area contributed by atoms with Crippen LogP contribution in [-0.4, -0.2) is 4.98 Å². The van der Waals surface area contributed by atoms with Gasteiger partial charge in [-0.1, -0.05) is 18.2 Å². The first kappa shape index (κ1) is 13.0. The van der Waals surface area contributed by atoms with Gasteiger partial charge >= 0.3 is 0 Å². The van der Waals surface area contributed by atoms with Gasteiger partial charge in [-0.3, -0.25) is 10.8 Å². The Morgan fingerprint density at radius 1 is 1.14 bits per heavy atom. The number of hydrogen-bond donors (Lipinski definition) is 2. The van der Waals surface area contributed by atoms with Crippen LogP contribution in [0.2, 0.25) is 0 Å². The Balaban J connectivity index is 0.000000845. The molecule has 3 N–H and O–H groups in total. The maximum absolute atomic E-state index is 5.25. The van der Waals surface area contributed by atoms with Crippen LogP contribution >= 0.6 is 24.8 Å². The Hall–Kier alpha value is -1.03. The van der Waals surface area contributed by atoms with Gasteiger partial charge in [0.25, 0.3) is 0 Å². The van der Waals surface area contributed by atoms with Gasteiger partial charge in [-0.2, -0.15) is 0 Å². The van der Waals surface area contributed by atoms with Gasteiger partial charge < -0.3 is 5.43 Å². The third-order valence-electron chi connectivity index (χ3n) is 1.76. The lowest BCUT2D eigenvalue weighted by Crippen LogP contribution is -2.06. The van der Waals surface area contributed by atoms with Gasteiger partial charge in [-0.05, 0) is 12.1 Å². The van der Waals surface area contributed by atoms with Gasteiger partial charge in [0.05, 0.1) is 17.4 Å². The van der Waals surface area contributed by atoms with E-state index in [1.54, 1.807) is 6.20 Å². The molecular formula is C9H11Cl2N3. The second-order valence-corrected chi connectivity index (χ2v) is 2.56. The quantitative estimate of drug-likeness (QED) is 0.586. The molecule has 1 heterocycles. The molecule has 1 aromatic heterocycles. The maximum Gasteiger partial charge on any atom is 0.0703 e. The van der Waals surface area contributed by atoms with E-state index >= 15 is 0 Å². The second kappa shape index (κ2) is 5.65. The molecule has 76 valence electrons. The summed E-state index contributed by atoms with van der Waals surface area (Å²) in [6.07, 6.45) is 1.71. The molecule has 0 radical (unpaired) electrons. The summed E-state index contributed by atoms with van der Waals surface area (Å²) in [5, 5.41) is 1.09. The Morgan fingerprint density at radius 2 is 1.86 bits per heavy atom. The number of aromatic nitrogens is 1. The van der Waals surface area contributed by atoms with Crippen molar-refractivity contribution in [3.63, 3.8) is 0 Å². The van der Waals surface area contributed by atoms with Crippen molar-refractivity contribution in [1.29, 1.82) is 0 Å². The highest BCUT2D eigenvalue weighted by atomic mass is 35.5. The molecule has 0 aliphatic heterocycles. The first-order valence-electron chi connectivity index (χ1n) is 3.71. The zero-order valence-corrected chi connectivity index (χ0v) is 8.94. The Kier molecular flexibility index (Phi) is 5.23. The van der Waals surface area contributed by atoms with Crippen molar-refractivity contribution in [3.8, 4) is 0 Å². The van der Waals surface area contributed by atoms with Crippen molar-refractivity contribution in [2.24, 2.45) is 5.84 Å². The topological polar surface area (TPSA) is 50.9 Å². The van der Waals surface area contributed by atoms with Crippen LogP contribution in [0.4, 0.5) is 5.69 Å². The van der Waals surface area contributed by atoms with Gasteiger partial charge in [0, 0.05) is 5.39 Å². The third kappa shape index (κ3) is 2.48. The van der Waals surface area contributed by atoms with Gasteiger partial charge in [0.2, 0.25) is 0 Å². The predicted molar refractivity (Wildman–Crippen MR) is 64.0 cm³/mol. The summed E-state index contributed by atoms with van der Waals surface area (Å²) in [5.41, 5.74) is 4.37. The molecule has 5 heteroatoms. The number of benzene rings is 1. The molecule has 0 saturated carbocycles. The van der Waals surface area contributed by atoms with E-state index in [9.17, 15) is 0 Å². The van der Waals surface area contributed by atoms with Gasteiger partial charge in [0.1, 0.15) is 0 Å². The van der Waals surface area contributed by atoms with E-state index < -0.39 is 0 Å². The van der Waals surface area contributed by atoms with Crippen LogP contribution in [0.1, 0.15) is 0 Å². The van der Waals surface area contributed by atoms with E-state index in [2.05, 4.69) is 10.4 Å². The molecule has 0 amide bonds. The minimum Gasteiger partial charge on any atom is -0.323 e. The minimum absolute atomic E-state index is 0. The number of fused-ring (bicyclic) bond motifs is 1. The number of para-hydroxylation sites is 1. The average Bonchev–Trinajstić information content (AvgIpc) is 2.17. The van der Waals surface area contributed by atoms with Crippen LogP contribution in [0, 0.1) is 0 Å². The monoisotopic (exact) mass is 231 g/mol. The van der Waals surface area contributed by atoms with Crippen LogP contribution in [0.3, 0.4) is 0 Å². The molecular weight excluding hydrogens is 221 g/mol. The highest BCUT2D eigenvalue weighted by molar-refractivity contribution is 5.85. The lowest BCUT2D eigenvalue weighted by Gasteiger charge is -2.00. The number of pyridine rings is 1. The minimum atomic E-state index is 0. The normalized spacial score (nSPS) is 8.64. The van der Waals surface area contributed by atoms with Crippen LogP contribution in [0.5, 0.6) is 0 Å². The fraction of sp³-hybridized carbons (Fsp3) is 0. The van der Waals surface area contributed by atoms with Gasteiger partial charge in [0.15, 0.2) is 0 Å². The number of nitrogen functional groups attached to an aromatic ring is 1. The van der Waals surface area contributed by atoms with Crippen LogP contribution in [0.25, 0.3) is 10.9 Å². The summed E-state index contributed by atoms with van der Waals surface area (Å²) in [6, 6.07) is 9.87. The number of nitrogens with zero attached hydrogens (tertiary/aromatic N) is 1. The highest BCUT2D eigenvalue weighted by Gasteiger charge is 1.93. The summed E-state index contributed by atoms with van der Waals surface area (Å²) in [4.78, 5) is 4.21. The summed E-state index contributed by atoms with van der Waals surface area (Å²) in [6.45, 7) is 0. The summed E-state index contributed by atoms with van der Waals surface area (Å²) < 4.78 is 0. The zero-order chi connectivity index (χ0) is 8.39. The highest BCUT2D eigenvalue weighted by Crippen LogP contribution is 2.14. The van der Waals surface area contributed by atoms with Gasteiger partial charge in [-0.25, -0.2) is 0 Å². The average molecular weight is 232 g/mol. The number of hydrazine groups is 1. The lowest BCUT2D eigenvalue weighted by atomic mass is 10.2. The molecule has 0 saturated heterocycles. The van der Waals surface area contributed by atoms with E-state index in [4.69, 9.17) is 5.84 Å². The molecule has 2 rings (SSSR count). The molecule has 14 heavy (non-hydrogen) atoms. The predicted octanol–water partition coefficient (Wildman–Crippen LogP) is 2.36. The van der Waals surface area contributed by atoms with Crippen LogP contribution in [-0.2, 0) is 0 Å².